The van der Waals surface area contributed by atoms with Crippen LogP contribution in [-0.4, -0.2) is 4.57 Å². The molecule has 98 valence electrons. The molecule has 0 amide bonds. The van der Waals surface area contributed by atoms with Crippen LogP contribution in [0, 0.1) is 11.3 Å². The van der Waals surface area contributed by atoms with E-state index < -0.39 is 5.56 Å². The lowest BCUT2D eigenvalue weighted by Gasteiger charge is -2.08. The van der Waals surface area contributed by atoms with Crippen molar-refractivity contribution in [2.75, 3.05) is 5.73 Å². The molecule has 20 heavy (non-hydrogen) atoms. The first-order valence-electron chi connectivity index (χ1n) is 5.99. The van der Waals surface area contributed by atoms with Crippen molar-refractivity contribution in [3.05, 3.63) is 52.5 Å². The summed E-state index contributed by atoms with van der Waals surface area (Å²) in [5.74, 6) is 0.300. The monoisotopic (exact) mass is 265 g/mol. The van der Waals surface area contributed by atoms with E-state index in [0.717, 1.165) is 5.39 Å². The van der Waals surface area contributed by atoms with Crippen LogP contribution in [0.3, 0.4) is 0 Å². The van der Waals surface area contributed by atoms with Crippen molar-refractivity contribution < 1.29 is 4.42 Å². The van der Waals surface area contributed by atoms with Gasteiger partial charge in [-0.05, 0) is 12.1 Å². The number of para-hydroxylation sites is 1. The summed E-state index contributed by atoms with van der Waals surface area (Å²) in [6.07, 6.45) is 1.54. The zero-order valence-corrected chi connectivity index (χ0v) is 10.8. The summed E-state index contributed by atoms with van der Waals surface area (Å²) in [6.45, 7) is 0. The second-order valence-electron chi connectivity index (χ2n) is 4.48. The number of nitrogens with zero attached hydrogens (tertiary/aromatic N) is 2. The van der Waals surface area contributed by atoms with Gasteiger partial charge in [0, 0.05) is 23.6 Å². The van der Waals surface area contributed by atoms with Crippen LogP contribution in [0.5, 0.6) is 0 Å². The van der Waals surface area contributed by atoms with E-state index >= 15 is 0 Å². The number of benzene rings is 1. The molecule has 2 aromatic heterocycles. The predicted octanol–water partition coefficient (Wildman–Crippen LogP) is 2.25. The molecule has 0 fully saturated rings. The zero-order chi connectivity index (χ0) is 14.3. The Labute approximate surface area is 114 Å². The Morgan fingerprint density at radius 2 is 2.05 bits per heavy atom. The van der Waals surface area contributed by atoms with E-state index in [2.05, 4.69) is 0 Å². The number of nitrogen functional groups attached to an aromatic ring is 1. The van der Waals surface area contributed by atoms with Gasteiger partial charge in [0.2, 0.25) is 0 Å². The fourth-order valence-electron chi connectivity index (χ4n) is 2.22. The van der Waals surface area contributed by atoms with Gasteiger partial charge < -0.3 is 10.2 Å². The molecule has 0 spiro atoms. The highest BCUT2D eigenvalue weighted by molar-refractivity contribution is 5.95. The number of rotatable bonds is 1. The normalized spacial score (nSPS) is 10.6. The first kappa shape index (κ1) is 12.1. The molecule has 0 aliphatic carbocycles. The summed E-state index contributed by atoms with van der Waals surface area (Å²) < 4.78 is 6.71. The zero-order valence-electron chi connectivity index (χ0n) is 10.8. The number of fused-ring (bicyclic) bond motifs is 1. The molecule has 3 rings (SSSR count). The quantitative estimate of drug-likeness (QED) is 0.731. The SMILES string of the molecule is Cn1c(N)cc(-c2coc3ccccc23)c(C#N)c1=O. The Balaban J connectivity index is 2.41. The highest BCUT2D eigenvalue weighted by Crippen LogP contribution is 2.32. The molecule has 0 aliphatic heterocycles. The van der Waals surface area contributed by atoms with Gasteiger partial charge in [-0.15, -0.1) is 0 Å². The third-order valence-electron chi connectivity index (χ3n) is 3.35. The predicted molar refractivity (Wildman–Crippen MR) is 76.0 cm³/mol. The van der Waals surface area contributed by atoms with Gasteiger partial charge in [0.05, 0.1) is 6.26 Å². The number of nitrogens with two attached hydrogens (primary N) is 1. The first-order valence-corrected chi connectivity index (χ1v) is 5.99. The van der Waals surface area contributed by atoms with E-state index in [1.165, 1.54) is 11.6 Å². The Bertz CT molecular complexity index is 913. The molecule has 0 aliphatic rings. The van der Waals surface area contributed by atoms with E-state index in [-0.39, 0.29) is 5.56 Å². The summed E-state index contributed by atoms with van der Waals surface area (Å²) in [5.41, 5.74) is 7.37. The van der Waals surface area contributed by atoms with Crippen LogP contribution in [0.15, 0.2) is 45.8 Å². The molecule has 0 saturated heterocycles. The standard InChI is InChI=1S/C15H11N3O2/c1-18-14(17)6-10(11(7-16)15(18)19)12-8-20-13-5-3-2-4-9(12)13/h2-6,8H,17H2,1H3. The highest BCUT2D eigenvalue weighted by atomic mass is 16.3. The third-order valence-corrected chi connectivity index (χ3v) is 3.35. The van der Waals surface area contributed by atoms with Crippen LogP contribution in [-0.2, 0) is 7.05 Å². The van der Waals surface area contributed by atoms with Crippen LogP contribution >= 0.6 is 0 Å². The maximum Gasteiger partial charge on any atom is 0.270 e. The van der Waals surface area contributed by atoms with Crippen LogP contribution in [0.2, 0.25) is 0 Å². The molecule has 0 bridgehead atoms. The molecule has 5 heteroatoms. The van der Waals surface area contributed by atoms with Crippen molar-refractivity contribution >= 4 is 16.8 Å². The molecule has 5 nitrogen and oxygen atoms in total. The molecule has 3 aromatic rings. The van der Waals surface area contributed by atoms with E-state index in [4.69, 9.17) is 10.2 Å². The van der Waals surface area contributed by atoms with Gasteiger partial charge >= 0.3 is 0 Å². The Kier molecular flexibility index (Phi) is 2.58. The van der Waals surface area contributed by atoms with Gasteiger partial charge in [0.1, 0.15) is 23.0 Å². The molecule has 2 N–H and O–H groups in total. The van der Waals surface area contributed by atoms with Crippen molar-refractivity contribution in [1.82, 2.24) is 4.57 Å². The third kappa shape index (κ3) is 1.59. The second kappa shape index (κ2) is 4.28. The smallest absolute Gasteiger partial charge is 0.270 e. The minimum absolute atomic E-state index is 0.0632. The molecule has 0 atom stereocenters. The first-order chi connectivity index (χ1) is 9.63. The number of nitriles is 1. The van der Waals surface area contributed by atoms with Crippen molar-refractivity contribution in [1.29, 1.82) is 5.26 Å². The molecule has 0 unspecified atom stereocenters. The lowest BCUT2D eigenvalue weighted by atomic mass is 10.0. The number of hydrogen-bond acceptors (Lipinski definition) is 4. The Morgan fingerprint density at radius 3 is 2.80 bits per heavy atom. The minimum Gasteiger partial charge on any atom is -0.464 e. The number of pyridine rings is 1. The summed E-state index contributed by atoms with van der Waals surface area (Å²) in [5, 5.41) is 10.1. The fraction of sp³-hybridized carbons (Fsp3) is 0.0667. The van der Waals surface area contributed by atoms with Gasteiger partial charge in [-0.2, -0.15) is 5.26 Å². The van der Waals surface area contributed by atoms with Gasteiger partial charge in [0.15, 0.2) is 0 Å². The van der Waals surface area contributed by atoms with Gasteiger partial charge in [-0.1, -0.05) is 18.2 Å². The second-order valence-corrected chi connectivity index (χ2v) is 4.48. The van der Waals surface area contributed by atoms with Crippen LogP contribution in [0.1, 0.15) is 5.56 Å². The van der Waals surface area contributed by atoms with Crippen molar-refractivity contribution in [3.8, 4) is 17.2 Å². The maximum atomic E-state index is 12.1. The Morgan fingerprint density at radius 1 is 1.30 bits per heavy atom. The lowest BCUT2D eigenvalue weighted by molar-refractivity contribution is 0.617. The molecule has 1 aromatic carbocycles. The van der Waals surface area contributed by atoms with Gasteiger partial charge in [0.25, 0.3) is 5.56 Å². The Hall–Kier alpha value is -3.00. The van der Waals surface area contributed by atoms with Crippen molar-refractivity contribution in [3.63, 3.8) is 0 Å². The molecular weight excluding hydrogens is 254 g/mol. The van der Waals surface area contributed by atoms with E-state index in [1.54, 1.807) is 12.3 Å². The highest BCUT2D eigenvalue weighted by Gasteiger charge is 2.16. The van der Waals surface area contributed by atoms with Crippen molar-refractivity contribution in [2.45, 2.75) is 0 Å². The number of furan rings is 1. The number of hydrogen-bond donors (Lipinski definition) is 1. The summed E-state index contributed by atoms with van der Waals surface area (Å²) in [6, 6.07) is 11.0. The summed E-state index contributed by atoms with van der Waals surface area (Å²) in [4.78, 5) is 12.1. The van der Waals surface area contributed by atoms with Crippen LogP contribution in [0.25, 0.3) is 22.1 Å². The summed E-state index contributed by atoms with van der Waals surface area (Å²) in [7, 11) is 1.54. The molecule has 0 radical (unpaired) electrons. The molecule has 0 saturated carbocycles. The van der Waals surface area contributed by atoms with E-state index in [9.17, 15) is 10.1 Å². The number of anilines is 1. The summed E-state index contributed by atoms with van der Waals surface area (Å²) >= 11 is 0. The van der Waals surface area contributed by atoms with E-state index in [0.29, 0.717) is 22.5 Å². The largest absolute Gasteiger partial charge is 0.464 e. The average molecular weight is 265 g/mol. The maximum absolute atomic E-state index is 12.1. The van der Waals surface area contributed by atoms with Crippen molar-refractivity contribution in [2.24, 2.45) is 7.05 Å². The number of aromatic nitrogens is 1. The average Bonchev–Trinajstić information content (AvgIpc) is 2.88. The fourth-order valence-corrected chi connectivity index (χ4v) is 2.22. The van der Waals surface area contributed by atoms with Crippen LogP contribution in [0.4, 0.5) is 5.82 Å². The lowest BCUT2D eigenvalue weighted by Crippen LogP contribution is -2.23. The van der Waals surface area contributed by atoms with E-state index in [1.807, 2.05) is 30.3 Å². The van der Waals surface area contributed by atoms with Gasteiger partial charge in [-0.25, -0.2) is 0 Å². The molecule has 2 heterocycles. The molecular formula is C15H11N3O2. The van der Waals surface area contributed by atoms with Crippen LogP contribution < -0.4 is 11.3 Å². The van der Waals surface area contributed by atoms with Gasteiger partial charge in [-0.3, -0.25) is 9.36 Å². The minimum atomic E-state index is -0.409. The topological polar surface area (TPSA) is 84.9 Å².